The Morgan fingerprint density at radius 1 is 1.50 bits per heavy atom. The van der Waals surface area contributed by atoms with Crippen LogP contribution in [0.2, 0.25) is 0 Å². The highest BCUT2D eigenvalue weighted by atomic mass is 16.3. The summed E-state index contributed by atoms with van der Waals surface area (Å²) in [6.45, 7) is 6.43. The molecule has 2 heterocycles. The van der Waals surface area contributed by atoms with Gasteiger partial charge in [-0.05, 0) is 43.9 Å². The van der Waals surface area contributed by atoms with Crippen LogP contribution in [0.4, 0.5) is 0 Å². The van der Waals surface area contributed by atoms with E-state index in [0.29, 0.717) is 12.1 Å². The highest BCUT2D eigenvalue weighted by Crippen LogP contribution is 2.33. The summed E-state index contributed by atoms with van der Waals surface area (Å²) < 4.78 is 5.60. The molecule has 3 unspecified atom stereocenters. The van der Waals surface area contributed by atoms with Crippen LogP contribution >= 0.6 is 0 Å². The Labute approximate surface area is 110 Å². The molecule has 0 saturated carbocycles. The van der Waals surface area contributed by atoms with Crippen molar-refractivity contribution in [1.82, 2.24) is 4.90 Å². The SMILES string of the molecule is CCC1CCN(C(CC)c2ccco2)C(CN)C1. The van der Waals surface area contributed by atoms with E-state index in [1.54, 1.807) is 6.26 Å². The lowest BCUT2D eigenvalue weighted by Crippen LogP contribution is -2.48. The van der Waals surface area contributed by atoms with Gasteiger partial charge >= 0.3 is 0 Å². The van der Waals surface area contributed by atoms with Gasteiger partial charge in [0.1, 0.15) is 5.76 Å². The molecule has 0 aliphatic carbocycles. The number of hydrogen-bond acceptors (Lipinski definition) is 3. The van der Waals surface area contributed by atoms with Gasteiger partial charge in [0, 0.05) is 12.6 Å². The topological polar surface area (TPSA) is 42.4 Å². The predicted molar refractivity (Wildman–Crippen MR) is 74.3 cm³/mol. The Balaban J connectivity index is 2.10. The highest BCUT2D eigenvalue weighted by Gasteiger charge is 2.32. The molecule has 0 radical (unpaired) electrons. The maximum absolute atomic E-state index is 5.98. The normalized spacial score (nSPS) is 27.3. The van der Waals surface area contributed by atoms with E-state index in [1.807, 2.05) is 6.07 Å². The first-order valence-corrected chi connectivity index (χ1v) is 7.29. The first-order valence-electron chi connectivity index (χ1n) is 7.29. The highest BCUT2D eigenvalue weighted by molar-refractivity contribution is 5.06. The molecule has 1 aromatic heterocycles. The van der Waals surface area contributed by atoms with Crippen LogP contribution in [0.15, 0.2) is 22.8 Å². The van der Waals surface area contributed by atoms with E-state index in [4.69, 9.17) is 10.2 Å². The molecule has 18 heavy (non-hydrogen) atoms. The molecule has 0 bridgehead atoms. The third kappa shape index (κ3) is 2.78. The van der Waals surface area contributed by atoms with Crippen LogP contribution in [0, 0.1) is 5.92 Å². The van der Waals surface area contributed by atoms with Crippen LogP contribution in [-0.2, 0) is 0 Å². The second-order valence-electron chi connectivity index (χ2n) is 5.37. The Hall–Kier alpha value is -0.800. The number of furan rings is 1. The lowest BCUT2D eigenvalue weighted by Gasteiger charge is -2.42. The third-order valence-electron chi connectivity index (χ3n) is 4.38. The van der Waals surface area contributed by atoms with Crippen LogP contribution in [0.1, 0.15) is 51.3 Å². The van der Waals surface area contributed by atoms with E-state index in [2.05, 4.69) is 24.8 Å². The number of likely N-dealkylation sites (tertiary alicyclic amines) is 1. The van der Waals surface area contributed by atoms with E-state index >= 15 is 0 Å². The first kappa shape index (κ1) is 13.6. The van der Waals surface area contributed by atoms with Crippen molar-refractivity contribution in [3.63, 3.8) is 0 Å². The molecule has 3 heteroatoms. The van der Waals surface area contributed by atoms with Crippen LogP contribution in [-0.4, -0.2) is 24.0 Å². The zero-order valence-electron chi connectivity index (χ0n) is 11.6. The van der Waals surface area contributed by atoms with E-state index in [-0.39, 0.29) is 0 Å². The minimum Gasteiger partial charge on any atom is -0.468 e. The summed E-state index contributed by atoms with van der Waals surface area (Å²) in [5.41, 5.74) is 5.98. The van der Waals surface area contributed by atoms with Gasteiger partial charge in [-0.2, -0.15) is 0 Å². The van der Waals surface area contributed by atoms with Crippen LogP contribution in [0.3, 0.4) is 0 Å². The molecule has 3 nitrogen and oxygen atoms in total. The van der Waals surface area contributed by atoms with Crippen LogP contribution in [0.5, 0.6) is 0 Å². The molecule has 0 aromatic carbocycles. The van der Waals surface area contributed by atoms with Gasteiger partial charge in [-0.15, -0.1) is 0 Å². The monoisotopic (exact) mass is 250 g/mol. The lowest BCUT2D eigenvalue weighted by atomic mass is 9.87. The van der Waals surface area contributed by atoms with Crippen LogP contribution in [0.25, 0.3) is 0 Å². The van der Waals surface area contributed by atoms with Crippen molar-refractivity contribution in [3.8, 4) is 0 Å². The fraction of sp³-hybridized carbons (Fsp3) is 0.733. The van der Waals surface area contributed by atoms with Gasteiger partial charge in [-0.3, -0.25) is 4.90 Å². The zero-order chi connectivity index (χ0) is 13.0. The number of rotatable bonds is 5. The molecule has 1 aromatic rings. The van der Waals surface area contributed by atoms with Crippen LogP contribution < -0.4 is 5.73 Å². The number of nitrogens with zero attached hydrogens (tertiary/aromatic N) is 1. The van der Waals surface area contributed by atoms with E-state index in [0.717, 1.165) is 31.2 Å². The maximum atomic E-state index is 5.98. The second kappa shape index (κ2) is 6.39. The molecule has 0 amide bonds. The molecule has 102 valence electrons. The van der Waals surface area contributed by atoms with Gasteiger partial charge in [-0.1, -0.05) is 20.3 Å². The van der Waals surface area contributed by atoms with Crippen molar-refractivity contribution >= 4 is 0 Å². The summed E-state index contributed by atoms with van der Waals surface area (Å²) in [4.78, 5) is 2.56. The third-order valence-corrected chi connectivity index (χ3v) is 4.38. The standard InChI is InChI=1S/C15H26N2O/c1-3-12-7-8-17(13(10-12)11-16)14(4-2)15-6-5-9-18-15/h5-6,9,12-14H,3-4,7-8,10-11,16H2,1-2H3. The average Bonchev–Trinajstić information content (AvgIpc) is 2.94. The van der Waals surface area contributed by atoms with Crippen molar-refractivity contribution in [1.29, 1.82) is 0 Å². The summed E-state index contributed by atoms with van der Waals surface area (Å²) >= 11 is 0. The molecular formula is C15H26N2O. The fourth-order valence-electron chi connectivity index (χ4n) is 3.24. The minimum atomic E-state index is 0.395. The minimum absolute atomic E-state index is 0.395. The summed E-state index contributed by atoms with van der Waals surface area (Å²) in [5.74, 6) is 1.94. The summed E-state index contributed by atoms with van der Waals surface area (Å²) in [6, 6.07) is 4.98. The number of nitrogens with two attached hydrogens (primary N) is 1. The Morgan fingerprint density at radius 2 is 2.33 bits per heavy atom. The van der Waals surface area contributed by atoms with Gasteiger partial charge < -0.3 is 10.2 Å². The molecule has 0 spiro atoms. The lowest BCUT2D eigenvalue weighted by molar-refractivity contribution is 0.0579. The molecule has 1 aliphatic rings. The van der Waals surface area contributed by atoms with Crippen molar-refractivity contribution in [2.45, 2.75) is 51.6 Å². The smallest absolute Gasteiger partial charge is 0.120 e. The van der Waals surface area contributed by atoms with E-state index in [9.17, 15) is 0 Å². The summed E-state index contributed by atoms with van der Waals surface area (Å²) in [7, 11) is 0. The van der Waals surface area contributed by atoms with Gasteiger partial charge in [0.2, 0.25) is 0 Å². The molecular weight excluding hydrogens is 224 g/mol. The predicted octanol–water partition coefficient (Wildman–Crippen LogP) is 3.18. The summed E-state index contributed by atoms with van der Waals surface area (Å²) in [6.07, 6.45) is 6.67. The molecule has 2 N–H and O–H groups in total. The Kier molecular flexibility index (Phi) is 4.84. The molecule has 1 aliphatic heterocycles. The number of hydrogen-bond donors (Lipinski definition) is 1. The molecule has 3 atom stereocenters. The first-order chi connectivity index (χ1) is 8.80. The van der Waals surface area contributed by atoms with Gasteiger partial charge in [0.25, 0.3) is 0 Å². The molecule has 2 rings (SSSR count). The Bertz CT molecular complexity index is 336. The maximum Gasteiger partial charge on any atom is 0.120 e. The second-order valence-corrected chi connectivity index (χ2v) is 5.37. The van der Waals surface area contributed by atoms with Crippen molar-refractivity contribution < 1.29 is 4.42 Å². The average molecular weight is 250 g/mol. The Morgan fingerprint density at radius 3 is 2.89 bits per heavy atom. The fourth-order valence-corrected chi connectivity index (χ4v) is 3.24. The molecule has 1 saturated heterocycles. The molecule has 1 fully saturated rings. The number of piperidine rings is 1. The van der Waals surface area contributed by atoms with Crippen molar-refractivity contribution in [2.75, 3.05) is 13.1 Å². The van der Waals surface area contributed by atoms with Gasteiger partial charge in [0.05, 0.1) is 12.3 Å². The largest absolute Gasteiger partial charge is 0.468 e. The van der Waals surface area contributed by atoms with Gasteiger partial charge in [0.15, 0.2) is 0 Å². The van der Waals surface area contributed by atoms with Crippen molar-refractivity contribution in [3.05, 3.63) is 24.2 Å². The van der Waals surface area contributed by atoms with E-state index in [1.165, 1.54) is 19.3 Å². The zero-order valence-corrected chi connectivity index (χ0v) is 11.6. The van der Waals surface area contributed by atoms with Crippen molar-refractivity contribution in [2.24, 2.45) is 11.7 Å². The summed E-state index contributed by atoms with van der Waals surface area (Å²) in [5, 5.41) is 0. The van der Waals surface area contributed by atoms with E-state index < -0.39 is 0 Å². The van der Waals surface area contributed by atoms with Gasteiger partial charge in [-0.25, -0.2) is 0 Å². The quantitative estimate of drug-likeness (QED) is 0.872.